The van der Waals surface area contributed by atoms with E-state index in [1.54, 1.807) is 24.1 Å². The van der Waals surface area contributed by atoms with Crippen LogP contribution >= 0.6 is 0 Å². The second-order valence-electron chi connectivity index (χ2n) is 8.83. The van der Waals surface area contributed by atoms with Crippen LogP contribution in [0.4, 0.5) is 29.9 Å². The summed E-state index contributed by atoms with van der Waals surface area (Å²) in [6.45, 7) is 3.16. The average molecular weight is 485 g/mol. The van der Waals surface area contributed by atoms with Crippen LogP contribution in [0.25, 0.3) is 5.65 Å². The number of nitrogens with one attached hydrogen (secondary N) is 1. The van der Waals surface area contributed by atoms with E-state index in [0.29, 0.717) is 35.7 Å². The molecule has 4 heterocycles. The Balaban J connectivity index is 1.37. The number of amides is 3. The molecule has 3 amide bonds. The smallest absolute Gasteiger partial charge is 0.407 e. The number of hydrogen-bond donors (Lipinski definition) is 2. The number of fused-ring (bicyclic) bond motifs is 1. The minimum absolute atomic E-state index is 0.230. The molecule has 5 rings (SSSR count). The van der Waals surface area contributed by atoms with Gasteiger partial charge < -0.3 is 25.1 Å². The van der Waals surface area contributed by atoms with Gasteiger partial charge in [-0.3, -0.25) is 0 Å². The Labute approximate surface area is 199 Å². The summed E-state index contributed by atoms with van der Waals surface area (Å²) < 4.78 is 29.8. The Hall–Kier alpha value is -3.96. The third-order valence-corrected chi connectivity index (χ3v) is 6.62. The van der Waals surface area contributed by atoms with Crippen molar-refractivity contribution in [2.24, 2.45) is 0 Å². The monoisotopic (exact) mass is 485 g/mol. The SMILES string of the molecule is CC1CN(C(=O)Nc2cnn3ccc(N4CCCC4c4cc(F)ccc4F)nc23)CCN1C(=O)O. The Morgan fingerprint density at radius 2 is 2.00 bits per heavy atom. The average Bonchev–Trinajstić information content (AvgIpc) is 3.47. The molecule has 0 saturated carbocycles. The lowest BCUT2D eigenvalue weighted by atomic mass is 10.0. The highest BCUT2D eigenvalue weighted by Gasteiger charge is 2.31. The van der Waals surface area contributed by atoms with Crippen molar-refractivity contribution in [1.29, 1.82) is 0 Å². The lowest BCUT2D eigenvalue weighted by Gasteiger charge is -2.38. The first-order valence-electron chi connectivity index (χ1n) is 11.4. The summed E-state index contributed by atoms with van der Waals surface area (Å²) >= 11 is 0. The molecule has 3 aromatic rings. The van der Waals surface area contributed by atoms with Crippen LogP contribution in [0.2, 0.25) is 0 Å². The zero-order valence-electron chi connectivity index (χ0n) is 19.1. The lowest BCUT2D eigenvalue weighted by molar-refractivity contribution is 0.0868. The van der Waals surface area contributed by atoms with Crippen molar-refractivity contribution in [3.05, 3.63) is 53.9 Å². The predicted molar refractivity (Wildman–Crippen MR) is 123 cm³/mol. The van der Waals surface area contributed by atoms with Crippen molar-refractivity contribution in [3.63, 3.8) is 0 Å². The van der Waals surface area contributed by atoms with Gasteiger partial charge in [-0.25, -0.2) is 27.9 Å². The Kier molecular flexibility index (Phi) is 5.87. The molecule has 1 aromatic carbocycles. The summed E-state index contributed by atoms with van der Waals surface area (Å²) in [6.07, 6.45) is 3.66. The first-order chi connectivity index (χ1) is 16.8. The minimum atomic E-state index is -1.00. The molecule has 2 fully saturated rings. The van der Waals surface area contributed by atoms with E-state index in [1.165, 1.54) is 21.7 Å². The van der Waals surface area contributed by atoms with Crippen molar-refractivity contribution < 1.29 is 23.5 Å². The Morgan fingerprint density at radius 3 is 2.77 bits per heavy atom. The summed E-state index contributed by atoms with van der Waals surface area (Å²) in [4.78, 5) is 33.6. The van der Waals surface area contributed by atoms with Gasteiger partial charge in [0.1, 0.15) is 23.1 Å². The van der Waals surface area contributed by atoms with E-state index in [9.17, 15) is 23.5 Å². The third kappa shape index (κ3) is 4.31. The van der Waals surface area contributed by atoms with Gasteiger partial charge in [0.05, 0.1) is 12.2 Å². The number of carbonyl (C=O) groups is 2. The fraction of sp³-hybridized carbons (Fsp3) is 0.391. The van der Waals surface area contributed by atoms with Gasteiger partial charge in [-0.05, 0) is 44.0 Å². The number of urea groups is 1. The topological polar surface area (TPSA) is 106 Å². The van der Waals surface area contributed by atoms with Gasteiger partial charge in [0.15, 0.2) is 5.65 Å². The fourth-order valence-corrected chi connectivity index (χ4v) is 4.86. The van der Waals surface area contributed by atoms with Crippen molar-refractivity contribution >= 4 is 29.3 Å². The lowest BCUT2D eigenvalue weighted by Crippen LogP contribution is -2.55. The standard InChI is InChI=1S/C23H25F2N7O3/c1-14-13-29(9-10-30(14)23(34)35)22(33)27-18-12-26-32-8-6-20(28-21(18)32)31-7-2-3-19(31)16-11-15(24)4-5-17(16)25/h4-6,8,11-12,14,19H,2-3,7,9-10,13H2,1H3,(H,27,33)(H,34,35). The second kappa shape index (κ2) is 9.01. The van der Waals surface area contributed by atoms with Gasteiger partial charge in [-0.15, -0.1) is 0 Å². The van der Waals surface area contributed by atoms with Gasteiger partial charge in [0.25, 0.3) is 0 Å². The van der Waals surface area contributed by atoms with Crippen LogP contribution < -0.4 is 10.2 Å². The number of carboxylic acid groups (broad SMARTS) is 1. The number of piperazine rings is 1. The molecule has 0 spiro atoms. The van der Waals surface area contributed by atoms with E-state index in [1.807, 2.05) is 4.90 Å². The maximum atomic E-state index is 14.5. The summed E-state index contributed by atoms with van der Waals surface area (Å²) in [5.41, 5.74) is 1.11. The van der Waals surface area contributed by atoms with E-state index < -0.39 is 17.7 Å². The van der Waals surface area contributed by atoms with Gasteiger partial charge in [0.2, 0.25) is 0 Å². The summed E-state index contributed by atoms with van der Waals surface area (Å²) in [5.74, 6) is -0.377. The number of anilines is 2. The molecule has 0 radical (unpaired) electrons. The Morgan fingerprint density at radius 1 is 1.17 bits per heavy atom. The number of benzene rings is 1. The van der Waals surface area contributed by atoms with E-state index >= 15 is 0 Å². The molecular weight excluding hydrogens is 460 g/mol. The van der Waals surface area contributed by atoms with Crippen molar-refractivity contribution in [2.45, 2.75) is 31.8 Å². The molecule has 0 aliphatic carbocycles. The zero-order valence-corrected chi connectivity index (χ0v) is 19.1. The summed E-state index contributed by atoms with van der Waals surface area (Å²) in [5, 5.41) is 16.3. The highest BCUT2D eigenvalue weighted by Crippen LogP contribution is 2.37. The van der Waals surface area contributed by atoms with Crippen LogP contribution in [0.3, 0.4) is 0 Å². The maximum Gasteiger partial charge on any atom is 0.407 e. The molecule has 2 saturated heterocycles. The molecule has 0 bridgehead atoms. The molecule has 35 heavy (non-hydrogen) atoms. The van der Waals surface area contributed by atoms with Crippen molar-refractivity contribution in [1.82, 2.24) is 24.4 Å². The van der Waals surface area contributed by atoms with Crippen LogP contribution in [0.15, 0.2) is 36.7 Å². The van der Waals surface area contributed by atoms with Crippen LogP contribution in [-0.2, 0) is 0 Å². The molecule has 2 aliphatic heterocycles. The maximum absolute atomic E-state index is 14.5. The van der Waals surface area contributed by atoms with Crippen molar-refractivity contribution in [3.8, 4) is 0 Å². The van der Waals surface area contributed by atoms with Crippen LogP contribution in [0, 0.1) is 11.6 Å². The first-order valence-corrected chi connectivity index (χ1v) is 11.4. The van der Waals surface area contributed by atoms with E-state index in [0.717, 1.165) is 18.6 Å². The highest BCUT2D eigenvalue weighted by atomic mass is 19.1. The van der Waals surface area contributed by atoms with Gasteiger partial charge >= 0.3 is 12.1 Å². The Bertz CT molecular complexity index is 1280. The number of nitrogens with zero attached hydrogens (tertiary/aromatic N) is 6. The molecule has 2 aromatic heterocycles. The zero-order chi connectivity index (χ0) is 24.7. The fourth-order valence-electron chi connectivity index (χ4n) is 4.86. The van der Waals surface area contributed by atoms with Crippen LogP contribution in [0.1, 0.15) is 31.4 Å². The number of carbonyl (C=O) groups excluding carboxylic acids is 1. The van der Waals surface area contributed by atoms with Gasteiger partial charge in [-0.2, -0.15) is 5.10 Å². The van der Waals surface area contributed by atoms with Crippen LogP contribution in [0.5, 0.6) is 0 Å². The first kappa shape index (κ1) is 22.8. The van der Waals surface area contributed by atoms with Crippen molar-refractivity contribution in [2.75, 3.05) is 36.4 Å². The quantitative estimate of drug-likeness (QED) is 0.588. The normalized spacial score (nSPS) is 20.5. The molecular formula is C23H25F2N7O3. The second-order valence-corrected chi connectivity index (χ2v) is 8.83. The predicted octanol–water partition coefficient (Wildman–Crippen LogP) is 3.57. The minimum Gasteiger partial charge on any atom is -0.465 e. The van der Waals surface area contributed by atoms with E-state index in [-0.39, 0.29) is 37.7 Å². The van der Waals surface area contributed by atoms with Gasteiger partial charge in [-0.1, -0.05) is 0 Å². The molecule has 2 unspecified atom stereocenters. The highest BCUT2D eigenvalue weighted by molar-refractivity contribution is 5.93. The number of rotatable bonds is 3. The molecule has 12 heteroatoms. The molecule has 184 valence electrons. The van der Waals surface area contributed by atoms with E-state index in [4.69, 9.17) is 0 Å². The third-order valence-electron chi connectivity index (χ3n) is 6.62. The van der Waals surface area contributed by atoms with Gasteiger partial charge in [0, 0.05) is 44.0 Å². The molecule has 2 atom stereocenters. The molecule has 10 nitrogen and oxygen atoms in total. The van der Waals surface area contributed by atoms with Crippen LogP contribution in [-0.4, -0.2) is 73.8 Å². The number of hydrogen-bond acceptors (Lipinski definition) is 5. The number of halogens is 2. The largest absolute Gasteiger partial charge is 0.465 e. The van der Waals surface area contributed by atoms with E-state index in [2.05, 4.69) is 15.4 Å². The number of aromatic nitrogens is 3. The summed E-state index contributed by atoms with van der Waals surface area (Å²) in [7, 11) is 0. The molecule has 2 N–H and O–H groups in total. The summed E-state index contributed by atoms with van der Waals surface area (Å²) in [6, 6.07) is 4.18. The molecule has 2 aliphatic rings.